The molecule has 2 aliphatic heterocycles. The second kappa shape index (κ2) is 10.6. The van der Waals surface area contributed by atoms with Crippen molar-refractivity contribution in [2.24, 2.45) is 4.40 Å². The predicted octanol–water partition coefficient (Wildman–Crippen LogP) is 4.27. The Morgan fingerprint density at radius 2 is 1.90 bits per heavy atom. The van der Waals surface area contributed by atoms with Gasteiger partial charge in [0, 0.05) is 43.4 Å². The molecule has 3 aromatic rings. The van der Waals surface area contributed by atoms with E-state index in [1.165, 1.54) is 31.5 Å². The van der Waals surface area contributed by atoms with Gasteiger partial charge in [0.2, 0.25) is 5.49 Å². The molecule has 0 fully saturated rings. The van der Waals surface area contributed by atoms with Gasteiger partial charge in [-0.15, -0.1) is 9.50 Å². The summed E-state index contributed by atoms with van der Waals surface area (Å²) in [5.74, 6) is -1.95. The van der Waals surface area contributed by atoms with Crippen LogP contribution in [0.3, 0.4) is 0 Å². The molecule has 2 aliphatic rings. The van der Waals surface area contributed by atoms with Crippen molar-refractivity contribution >= 4 is 15.9 Å². The van der Waals surface area contributed by atoms with Gasteiger partial charge in [-0.1, -0.05) is 17.0 Å². The number of anilines is 1. The number of rotatable bonds is 5. The highest BCUT2D eigenvalue weighted by Gasteiger charge is 2.33. The van der Waals surface area contributed by atoms with Crippen molar-refractivity contribution in [2.75, 3.05) is 31.6 Å². The van der Waals surface area contributed by atoms with E-state index in [4.69, 9.17) is 4.74 Å². The van der Waals surface area contributed by atoms with Crippen LogP contribution in [0.25, 0.3) is 11.1 Å². The van der Waals surface area contributed by atoms with Crippen LogP contribution < -0.4 is 15.1 Å². The highest BCUT2D eigenvalue weighted by Crippen LogP contribution is 2.41. The van der Waals surface area contributed by atoms with Crippen LogP contribution in [-0.2, 0) is 16.4 Å². The molecule has 1 N–H and O–H groups in total. The van der Waals surface area contributed by atoms with Gasteiger partial charge in [0.15, 0.2) is 0 Å². The van der Waals surface area contributed by atoms with Crippen LogP contribution in [0.2, 0.25) is 0 Å². The minimum atomic E-state index is -4.83. The largest absolute Gasteiger partial charge is 0.495 e. The van der Waals surface area contributed by atoms with E-state index in [0.29, 0.717) is 28.2 Å². The molecule has 1 aromatic heterocycles. The summed E-state index contributed by atoms with van der Waals surface area (Å²) in [6.45, 7) is 0.239. The first kappa shape index (κ1) is 28.3. The molecule has 0 atom stereocenters. The van der Waals surface area contributed by atoms with Crippen molar-refractivity contribution in [3.05, 3.63) is 94.8 Å². The lowest BCUT2D eigenvalue weighted by Crippen LogP contribution is -2.41. The molecule has 0 saturated heterocycles. The van der Waals surface area contributed by atoms with Crippen molar-refractivity contribution < 1.29 is 40.3 Å². The van der Waals surface area contributed by atoms with E-state index >= 15 is 4.39 Å². The maximum Gasteiger partial charge on any atom is 0.416 e. The Morgan fingerprint density at radius 3 is 2.61 bits per heavy atom. The Bertz CT molecular complexity index is 1750. The molecule has 0 unspecified atom stereocenters. The minimum Gasteiger partial charge on any atom is -0.495 e. The van der Waals surface area contributed by atoms with Crippen LogP contribution in [-0.4, -0.2) is 54.6 Å². The zero-order valence-corrected chi connectivity index (χ0v) is 22.1. The summed E-state index contributed by atoms with van der Waals surface area (Å²) in [5, 5.41) is 13.3. The van der Waals surface area contributed by atoms with E-state index < -0.39 is 33.6 Å². The number of ether oxygens (including phenoxy) is 1. The molecule has 9 nitrogen and oxygen atoms in total. The zero-order valence-electron chi connectivity index (χ0n) is 21.3. The van der Waals surface area contributed by atoms with E-state index in [9.17, 15) is 31.2 Å². The van der Waals surface area contributed by atoms with Gasteiger partial charge in [0.25, 0.3) is 0 Å². The Labute approximate surface area is 230 Å². The highest BCUT2D eigenvalue weighted by molar-refractivity contribution is 7.87. The number of methoxy groups -OCH3 is 1. The summed E-state index contributed by atoms with van der Waals surface area (Å²) < 4.78 is 105. The van der Waals surface area contributed by atoms with Gasteiger partial charge in [-0.05, 0) is 47.5 Å². The van der Waals surface area contributed by atoms with Crippen LogP contribution >= 0.6 is 0 Å². The van der Waals surface area contributed by atoms with Gasteiger partial charge in [-0.2, -0.15) is 25.9 Å². The summed E-state index contributed by atoms with van der Waals surface area (Å²) in [6, 6.07) is 6.79. The van der Waals surface area contributed by atoms with Crippen LogP contribution in [0.4, 0.5) is 27.6 Å². The van der Waals surface area contributed by atoms with Gasteiger partial charge < -0.3 is 14.8 Å². The van der Waals surface area contributed by atoms with Gasteiger partial charge in [0.1, 0.15) is 17.4 Å². The second-order valence-electron chi connectivity index (χ2n) is 9.14. The first-order valence-corrected chi connectivity index (χ1v) is 13.5. The van der Waals surface area contributed by atoms with Crippen LogP contribution in [0, 0.1) is 11.6 Å². The number of nitrogens with zero attached hydrogens (tertiary/aromatic N) is 5. The van der Waals surface area contributed by atoms with E-state index in [1.807, 2.05) is 0 Å². The molecule has 5 rings (SSSR count). The molecule has 216 valence electrons. The summed E-state index contributed by atoms with van der Waals surface area (Å²) in [5.41, 5.74) is -0.569. The molecule has 0 saturated carbocycles. The van der Waals surface area contributed by atoms with E-state index in [1.54, 1.807) is 17.1 Å². The number of alkyl halides is 3. The molecule has 0 spiro atoms. The number of halogens is 5. The second-order valence-corrected chi connectivity index (χ2v) is 10.7. The average molecular weight is 596 g/mol. The summed E-state index contributed by atoms with van der Waals surface area (Å²) in [4.78, 5) is 2.06. The lowest BCUT2D eigenvalue weighted by Gasteiger charge is -2.37. The number of hydrogen-bond donors (Lipinski definition) is 1. The first-order chi connectivity index (χ1) is 19.4. The average Bonchev–Trinajstić information content (AvgIpc) is 2.92. The molecule has 0 aliphatic carbocycles. The Hall–Kier alpha value is -4.24. The summed E-state index contributed by atoms with van der Waals surface area (Å²) in [7, 11) is -2.90. The molecular weight excluding hydrogens is 573 g/mol. The lowest BCUT2D eigenvalue weighted by molar-refractivity contribution is -0.137. The molecule has 0 radical (unpaired) electrons. The SMILES string of the molecule is COc1cc(-c2cc(F)cc(C(F)(F)F)c2)c(F)cc1N1CC=CC2=C1CCN(S(=O)(=O)N=c1cccnn1O)C2. The minimum absolute atomic E-state index is 0.0209. The van der Waals surface area contributed by atoms with E-state index in [2.05, 4.69) is 9.50 Å². The molecule has 41 heavy (non-hydrogen) atoms. The topological polar surface area (TPSA) is 100 Å². The molecular formula is C26H22F5N5O4S. The Morgan fingerprint density at radius 1 is 1.12 bits per heavy atom. The summed E-state index contributed by atoms with van der Waals surface area (Å²) in [6.07, 6.45) is 0.125. The third-order valence-electron chi connectivity index (χ3n) is 6.59. The summed E-state index contributed by atoms with van der Waals surface area (Å²) >= 11 is 0. The van der Waals surface area contributed by atoms with Crippen molar-refractivity contribution in [2.45, 2.75) is 12.6 Å². The fraction of sp³-hybridized carbons (Fsp3) is 0.231. The van der Waals surface area contributed by atoms with Gasteiger partial charge in [-0.3, -0.25) is 0 Å². The maximum absolute atomic E-state index is 15.4. The van der Waals surface area contributed by atoms with Crippen LogP contribution in [0.1, 0.15) is 12.0 Å². The monoisotopic (exact) mass is 595 g/mol. The van der Waals surface area contributed by atoms with Crippen LogP contribution in [0.15, 0.2) is 76.5 Å². The third kappa shape index (κ3) is 5.67. The van der Waals surface area contributed by atoms with Gasteiger partial charge >= 0.3 is 16.4 Å². The Balaban J connectivity index is 1.49. The number of benzene rings is 2. The molecule has 0 amide bonds. The quantitative estimate of drug-likeness (QED) is 0.349. The predicted molar refractivity (Wildman–Crippen MR) is 137 cm³/mol. The fourth-order valence-electron chi connectivity index (χ4n) is 4.71. The number of aromatic nitrogens is 2. The normalized spacial score (nSPS) is 16.7. The molecule has 3 heterocycles. The van der Waals surface area contributed by atoms with Crippen molar-refractivity contribution in [3.63, 3.8) is 0 Å². The smallest absolute Gasteiger partial charge is 0.416 e. The maximum atomic E-state index is 15.4. The van der Waals surface area contributed by atoms with E-state index in [-0.39, 0.29) is 54.1 Å². The third-order valence-corrected chi connectivity index (χ3v) is 7.97. The van der Waals surface area contributed by atoms with Crippen LogP contribution in [0.5, 0.6) is 5.75 Å². The first-order valence-electron chi connectivity index (χ1n) is 12.1. The fourth-order valence-corrected chi connectivity index (χ4v) is 5.82. The Kier molecular flexibility index (Phi) is 7.33. The van der Waals surface area contributed by atoms with Gasteiger partial charge in [-0.25, -0.2) is 8.78 Å². The van der Waals surface area contributed by atoms with Crippen molar-refractivity contribution in [1.82, 2.24) is 14.2 Å². The number of hydrogen-bond acceptors (Lipinski definition) is 6. The standard InChI is InChI=1S/C26H22F5N5O4S/c1-40-24-13-20(17-10-18(26(29,30)31)12-19(27)11-17)21(28)14-23(24)35-8-3-4-16-15-34(9-6-22(16)35)41(38,39)33-25-5-2-7-32-36(25)37/h2-5,7,10-14,37H,6,8-9,15H2,1H3. The van der Waals surface area contributed by atoms with Crippen molar-refractivity contribution in [3.8, 4) is 16.9 Å². The zero-order chi connectivity index (χ0) is 29.5. The molecule has 15 heteroatoms. The lowest BCUT2D eigenvalue weighted by atomic mass is 9.98. The highest BCUT2D eigenvalue weighted by atomic mass is 32.2. The molecule has 0 bridgehead atoms. The van der Waals surface area contributed by atoms with Crippen molar-refractivity contribution in [1.29, 1.82) is 0 Å². The van der Waals surface area contributed by atoms with Gasteiger partial charge in [0.05, 0.1) is 24.6 Å². The molecule has 2 aromatic carbocycles. The van der Waals surface area contributed by atoms with E-state index in [0.717, 1.165) is 16.4 Å².